The van der Waals surface area contributed by atoms with Gasteiger partial charge in [-0.2, -0.15) is 0 Å². The van der Waals surface area contributed by atoms with Gasteiger partial charge in [-0.3, -0.25) is 4.98 Å². The van der Waals surface area contributed by atoms with Crippen LogP contribution in [0, 0.1) is 0 Å². The number of methoxy groups -OCH3 is 1. The summed E-state index contributed by atoms with van der Waals surface area (Å²) in [5, 5.41) is 0.996. The van der Waals surface area contributed by atoms with Crippen molar-refractivity contribution in [1.29, 1.82) is 0 Å². The Morgan fingerprint density at radius 1 is 1.05 bits per heavy atom. The van der Waals surface area contributed by atoms with Gasteiger partial charge in [0.1, 0.15) is 5.75 Å². The maximum absolute atomic E-state index is 6.17. The van der Waals surface area contributed by atoms with Crippen LogP contribution in [0.25, 0.3) is 10.9 Å². The number of fused-ring (bicyclic) bond motifs is 1. The summed E-state index contributed by atoms with van der Waals surface area (Å²) in [7, 11) is 1.20. The number of aromatic nitrogens is 1. The molecule has 0 amide bonds. The Balaban J connectivity index is 2.16. The van der Waals surface area contributed by atoms with Gasteiger partial charge in [-0.1, -0.05) is 6.07 Å². The van der Waals surface area contributed by atoms with Crippen molar-refractivity contribution in [3.63, 3.8) is 0 Å². The van der Waals surface area contributed by atoms with Gasteiger partial charge in [0.15, 0.2) is 0 Å². The van der Waals surface area contributed by atoms with Crippen LogP contribution in [-0.2, 0) is 9.31 Å². The molecule has 1 aliphatic rings. The van der Waals surface area contributed by atoms with E-state index in [9.17, 15) is 0 Å². The molecule has 110 valence electrons. The summed E-state index contributed by atoms with van der Waals surface area (Å²) >= 11 is 0. The molecule has 0 atom stereocenters. The first-order valence-electron chi connectivity index (χ1n) is 7.13. The second-order valence-electron chi connectivity index (χ2n) is 6.34. The molecule has 1 fully saturated rings. The van der Waals surface area contributed by atoms with Gasteiger partial charge in [0.05, 0.1) is 23.8 Å². The Hall–Kier alpha value is -1.59. The van der Waals surface area contributed by atoms with E-state index in [1.165, 1.54) is 0 Å². The Labute approximate surface area is 125 Å². The highest BCUT2D eigenvalue weighted by Gasteiger charge is 2.52. The minimum atomic E-state index is -0.460. The van der Waals surface area contributed by atoms with Gasteiger partial charge in [-0.05, 0) is 45.9 Å². The zero-order chi connectivity index (χ0) is 15.3. The monoisotopic (exact) mass is 285 g/mol. The second-order valence-corrected chi connectivity index (χ2v) is 6.34. The maximum atomic E-state index is 6.17. The topological polar surface area (TPSA) is 40.6 Å². The Morgan fingerprint density at radius 2 is 1.71 bits per heavy atom. The molecular weight excluding hydrogens is 265 g/mol. The molecule has 0 N–H and O–H groups in total. The average Bonchev–Trinajstić information content (AvgIpc) is 2.65. The van der Waals surface area contributed by atoms with E-state index in [-0.39, 0.29) is 11.2 Å². The molecule has 0 saturated carbocycles. The molecule has 2 aromatic rings. The second kappa shape index (κ2) is 4.72. The smallest absolute Gasteiger partial charge is 0.497 e. The molecule has 21 heavy (non-hydrogen) atoms. The fourth-order valence-electron chi connectivity index (χ4n) is 2.54. The molecular formula is C16H20BNO3. The molecule has 2 heterocycles. The number of nitrogens with zero attached hydrogens (tertiary/aromatic N) is 1. The molecule has 0 radical (unpaired) electrons. The zero-order valence-corrected chi connectivity index (χ0v) is 13.1. The lowest BCUT2D eigenvalue weighted by molar-refractivity contribution is 0.00578. The lowest BCUT2D eigenvalue weighted by atomic mass is 9.76. The molecule has 5 heteroatoms. The molecule has 1 saturated heterocycles. The van der Waals surface area contributed by atoms with Crippen molar-refractivity contribution in [2.24, 2.45) is 0 Å². The molecule has 1 aromatic heterocycles. The molecule has 0 spiro atoms. The molecule has 0 aliphatic carbocycles. The van der Waals surface area contributed by atoms with Crippen molar-refractivity contribution in [1.82, 2.24) is 4.98 Å². The van der Waals surface area contributed by atoms with Crippen molar-refractivity contribution in [3.05, 3.63) is 30.5 Å². The van der Waals surface area contributed by atoms with E-state index in [1.54, 1.807) is 13.3 Å². The standard InChI is InChI=1S/C16H20BNO3/c1-15(2)16(3,4)21-17(20-15)14-11-7-6-10-18-12(11)8-9-13(14)19-5/h6-10H,1-5H3. The van der Waals surface area contributed by atoms with Crippen LogP contribution in [0.5, 0.6) is 5.75 Å². The van der Waals surface area contributed by atoms with Crippen molar-refractivity contribution in [2.75, 3.05) is 7.11 Å². The highest BCUT2D eigenvalue weighted by Crippen LogP contribution is 2.37. The van der Waals surface area contributed by atoms with E-state index in [0.29, 0.717) is 0 Å². The Kier molecular flexibility index (Phi) is 3.22. The number of hydrogen-bond acceptors (Lipinski definition) is 4. The fraction of sp³-hybridized carbons (Fsp3) is 0.438. The van der Waals surface area contributed by atoms with Crippen molar-refractivity contribution < 1.29 is 14.0 Å². The highest BCUT2D eigenvalue weighted by molar-refractivity contribution is 6.66. The summed E-state index contributed by atoms with van der Waals surface area (Å²) in [5.41, 5.74) is 1.05. The predicted molar refractivity (Wildman–Crippen MR) is 84.0 cm³/mol. The summed E-state index contributed by atoms with van der Waals surface area (Å²) in [5.74, 6) is 0.758. The van der Waals surface area contributed by atoms with E-state index in [4.69, 9.17) is 14.0 Å². The van der Waals surface area contributed by atoms with Gasteiger partial charge in [0.2, 0.25) is 0 Å². The molecule has 1 aliphatic heterocycles. The number of benzene rings is 1. The van der Waals surface area contributed by atoms with Crippen LogP contribution in [-0.4, -0.2) is 30.4 Å². The predicted octanol–water partition coefficient (Wildman–Crippen LogP) is 2.54. The Morgan fingerprint density at radius 3 is 2.33 bits per heavy atom. The maximum Gasteiger partial charge on any atom is 0.499 e. The summed E-state index contributed by atoms with van der Waals surface area (Å²) in [4.78, 5) is 4.39. The zero-order valence-electron chi connectivity index (χ0n) is 13.1. The van der Waals surface area contributed by atoms with E-state index in [0.717, 1.165) is 22.1 Å². The third-order valence-corrected chi connectivity index (χ3v) is 4.50. The van der Waals surface area contributed by atoms with Gasteiger partial charge in [0.25, 0.3) is 0 Å². The van der Waals surface area contributed by atoms with Crippen LogP contribution in [0.3, 0.4) is 0 Å². The van der Waals surface area contributed by atoms with Crippen LogP contribution in [0.15, 0.2) is 30.5 Å². The summed E-state index contributed by atoms with van der Waals surface area (Å²) in [6, 6.07) is 7.79. The van der Waals surface area contributed by atoms with Crippen LogP contribution in [0.4, 0.5) is 0 Å². The third kappa shape index (κ3) is 2.21. The number of rotatable bonds is 2. The van der Waals surface area contributed by atoms with E-state index < -0.39 is 7.12 Å². The highest BCUT2D eigenvalue weighted by atomic mass is 16.7. The lowest BCUT2D eigenvalue weighted by Gasteiger charge is -2.32. The molecule has 0 bridgehead atoms. The first-order chi connectivity index (χ1) is 9.86. The minimum absolute atomic E-state index is 0.382. The molecule has 1 aromatic carbocycles. The number of hydrogen-bond donors (Lipinski definition) is 0. The lowest BCUT2D eigenvalue weighted by Crippen LogP contribution is -2.41. The van der Waals surface area contributed by atoms with Crippen molar-refractivity contribution in [2.45, 2.75) is 38.9 Å². The largest absolute Gasteiger partial charge is 0.499 e. The first kappa shape index (κ1) is 14.4. The quantitative estimate of drug-likeness (QED) is 0.795. The average molecular weight is 285 g/mol. The number of pyridine rings is 1. The van der Waals surface area contributed by atoms with Gasteiger partial charge < -0.3 is 14.0 Å². The number of ether oxygens (including phenoxy) is 1. The summed E-state index contributed by atoms with van der Waals surface area (Å²) in [6.07, 6.45) is 1.78. The van der Waals surface area contributed by atoms with Crippen LogP contribution < -0.4 is 10.2 Å². The normalized spacial score (nSPS) is 20.0. The summed E-state index contributed by atoms with van der Waals surface area (Å²) in [6.45, 7) is 8.18. The van der Waals surface area contributed by atoms with E-state index in [2.05, 4.69) is 4.98 Å². The van der Waals surface area contributed by atoms with Crippen molar-refractivity contribution >= 4 is 23.5 Å². The van der Waals surface area contributed by atoms with Crippen LogP contribution in [0.2, 0.25) is 0 Å². The molecule has 3 rings (SSSR count). The van der Waals surface area contributed by atoms with Crippen LogP contribution in [0.1, 0.15) is 27.7 Å². The van der Waals surface area contributed by atoms with Gasteiger partial charge in [0, 0.05) is 17.0 Å². The van der Waals surface area contributed by atoms with Gasteiger partial charge >= 0.3 is 7.12 Å². The third-order valence-electron chi connectivity index (χ3n) is 4.50. The Bertz CT molecular complexity index is 668. The fourth-order valence-corrected chi connectivity index (χ4v) is 2.54. The minimum Gasteiger partial charge on any atom is -0.497 e. The molecule has 4 nitrogen and oxygen atoms in total. The first-order valence-corrected chi connectivity index (χ1v) is 7.13. The van der Waals surface area contributed by atoms with Crippen LogP contribution >= 0.6 is 0 Å². The summed E-state index contributed by atoms with van der Waals surface area (Å²) < 4.78 is 17.9. The van der Waals surface area contributed by atoms with Gasteiger partial charge in [-0.25, -0.2) is 0 Å². The van der Waals surface area contributed by atoms with Crippen molar-refractivity contribution in [3.8, 4) is 5.75 Å². The van der Waals surface area contributed by atoms with Gasteiger partial charge in [-0.15, -0.1) is 0 Å². The molecule has 0 unspecified atom stereocenters. The SMILES string of the molecule is COc1ccc2ncccc2c1B1OC(C)(C)C(C)(C)O1. The van der Waals surface area contributed by atoms with E-state index >= 15 is 0 Å². The van der Waals surface area contributed by atoms with E-state index in [1.807, 2.05) is 52.0 Å².